The lowest BCUT2D eigenvalue weighted by atomic mass is 10.2. The molecule has 1 aromatic heterocycles. The van der Waals surface area contributed by atoms with Gasteiger partial charge in [0.1, 0.15) is 0 Å². The molecular formula is C11H20Cl2N4O. The van der Waals surface area contributed by atoms with Crippen LogP contribution in [0.15, 0.2) is 18.5 Å². The molecular weight excluding hydrogens is 275 g/mol. The molecule has 1 N–H and O–H groups in total. The maximum Gasteiger partial charge on any atom is 0.224 e. The predicted molar refractivity (Wildman–Crippen MR) is 75.4 cm³/mol. The van der Waals surface area contributed by atoms with E-state index in [1.54, 1.807) is 10.9 Å². The quantitative estimate of drug-likeness (QED) is 0.903. The van der Waals surface area contributed by atoms with E-state index in [2.05, 4.69) is 17.3 Å². The molecule has 7 heteroatoms. The molecule has 0 radical (unpaired) electrons. The van der Waals surface area contributed by atoms with Gasteiger partial charge in [0.25, 0.3) is 0 Å². The standard InChI is InChI=1S/C11H18N4O.2ClH/c1-10-9-12-5-8-15(10)11(16)3-7-14-6-2-4-13-14;;/h2,4,6,10,12H,3,5,7-9H2,1H3;2*1H. The van der Waals surface area contributed by atoms with Gasteiger partial charge in [0, 0.05) is 51.0 Å². The summed E-state index contributed by atoms with van der Waals surface area (Å²) in [7, 11) is 0. The number of nitrogens with zero attached hydrogens (tertiary/aromatic N) is 3. The Balaban J connectivity index is 0.00000144. The summed E-state index contributed by atoms with van der Waals surface area (Å²) in [5.41, 5.74) is 0. The summed E-state index contributed by atoms with van der Waals surface area (Å²) >= 11 is 0. The molecule has 2 heterocycles. The molecule has 0 aliphatic carbocycles. The van der Waals surface area contributed by atoms with Crippen molar-refractivity contribution in [2.24, 2.45) is 0 Å². The normalized spacial score (nSPS) is 18.7. The van der Waals surface area contributed by atoms with Gasteiger partial charge in [-0.1, -0.05) is 0 Å². The summed E-state index contributed by atoms with van der Waals surface area (Å²) in [6.45, 7) is 5.37. The maximum absolute atomic E-state index is 12.0. The van der Waals surface area contributed by atoms with Crippen LogP contribution in [0, 0.1) is 0 Å². The summed E-state index contributed by atoms with van der Waals surface area (Å²) in [5, 5.41) is 7.36. The molecule has 1 unspecified atom stereocenters. The van der Waals surface area contributed by atoms with Crippen molar-refractivity contribution in [3.05, 3.63) is 18.5 Å². The molecule has 1 fully saturated rings. The Labute approximate surface area is 120 Å². The highest BCUT2D eigenvalue weighted by Gasteiger charge is 2.22. The minimum absolute atomic E-state index is 0. The number of halogens is 2. The Morgan fingerprint density at radius 1 is 1.50 bits per heavy atom. The van der Waals surface area contributed by atoms with Gasteiger partial charge in [-0.3, -0.25) is 9.48 Å². The molecule has 104 valence electrons. The van der Waals surface area contributed by atoms with Crippen molar-refractivity contribution in [3.63, 3.8) is 0 Å². The highest BCUT2D eigenvalue weighted by molar-refractivity contribution is 5.85. The molecule has 0 bridgehead atoms. The maximum atomic E-state index is 12.0. The molecule has 1 amide bonds. The topological polar surface area (TPSA) is 50.2 Å². The molecule has 18 heavy (non-hydrogen) atoms. The average molecular weight is 295 g/mol. The van der Waals surface area contributed by atoms with E-state index in [0.29, 0.717) is 19.0 Å². The summed E-state index contributed by atoms with van der Waals surface area (Å²) < 4.78 is 1.80. The molecule has 5 nitrogen and oxygen atoms in total. The molecule has 1 aliphatic heterocycles. The second kappa shape index (κ2) is 8.34. The minimum Gasteiger partial charge on any atom is -0.337 e. The number of piperazine rings is 1. The van der Waals surface area contributed by atoms with E-state index < -0.39 is 0 Å². The number of aromatic nitrogens is 2. The summed E-state index contributed by atoms with van der Waals surface area (Å²) in [4.78, 5) is 13.9. The van der Waals surface area contributed by atoms with Crippen LogP contribution in [0.5, 0.6) is 0 Å². The first-order chi connectivity index (χ1) is 7.77. The summed E-state index contributed by atoms with van der Waals surface area (Å²) in [6, 6.07) is 2.18. The van der Waals surface area contributed by atoms with Crippen LogP contribution in [0.3, 0.4) is 0 Å². The molecule has 1 aliphatic rings. The van der Waals surface area contributed by atoms with Gasteiger partial charge in [-0.05, 0) is 13.0 Å². The monoisotopic (exact) mass is 294 g/mol. The van der Waals surface area contributed by atoms with Crippen LogP contribution in [-0.2, 0) is 11.3 Å². The zero-order valence-corrected chi connectivity index (χ0v) is 12.0. The highest BCUT2D eigenvalue weighted by Crippen LogP contribution is 2.05. The molecule has 0 saturated carbocycles. The smallest absolute Gasteiger partial charge is 0.224 e. The van der Waals surface area contributed by atoms with E-state index in [1.807, 2.05) is 17.2 Å². The van der Waals surface area contributed by atoms with Gasteiger partial charge < -0.3 is 10.2 Å². The minimum atomic E-state index is 0. The largest absolute Gasteiger partial charge is 0.337 e. The van der Waals surface area contributed by atoms with E-state index in [4.69, 9.17) is 0 Å². The zero-order chi connectivity index (χ0) is 11.4. The fourth-order valence-electron chi connectivity index (χ4n) is 2.00. The van der Waals surface area contributed by atoms with Crippen molar-refractivity contribution in [2.45, 2.75) is 25.9 Å². The van der Waals surface area contributed by atoms with Crippen LogP contribution in [0.4, 0.5) is 0 Å². The average Bonchev–Trinajstić information content (AvgIpc) is 2.79. The van der Waals surface area contributed by atoms with E-state index in [9.17, 15) is 4.79 Å². The van der Waals surface area contributed by atoms with E-state index in [1.165, 1.54) is 0 Å². The van der Waals surface area contributed by atoms with Crippen molar-refractivity contribution in [1.29, 1.82) is 0 Å². The first kappa shape index (κ1) is 17.2. The molecule has 2 rings (SSSR count). The Kier molecular flexibility index (Phi) is 7.98. The molecule has 1 saturated heterocycles. The Morgan fingerprint density at radius 3 is 2.89 bits per heavy atom. The molecule has 1 aromatic rings. The number of hydrogen-bond acceptors (Lipinski definition) is 3. The summed E-state index contributed by atoms with van der Waals surface area (Å²) in [5.74, 6) is 0.226. The first-order valence-corrected chi connectivity index (χ1v) is 5.75. The molecule has 1 atom stereocenters. The van der Waals surface area contributed by atoms with Crippen LogP contribution >= 0.6 is 24.8 Å². The van der Waals surface area contributed by atoms with Crippen LogP contribution in [0.1, 0.15) is 13.3 Å². The van der Waals surface area contributed by atoms with Gasteiger partial charge >= 0.3 is 0 Å². The number of carbonyl (C=O) groups excluding carboxylic acids is 1. The Morgan fingerprint density at radius 2 is 2.28 bits per heavy atom. The second-order valence-electron chi connectivity index (χ2n) is 4.16. The third-order valence-electron chi connectivity index (χ3n) is 2.94. The van der Waals surface area contributed by atoms with Crippen molar-refractivity contribution >= 4 is 30.7 Å². The van der Waals surface area contributed by atoms with Crippen LogP contribution in [0.2, 0.25) is 0 Å². The third kappa shape index (κ3) is 4.48. The van der Waals surface area contributed by atoms with Crippen molar-refractivity contribution in [3.8, 4) is 0 Å². The summed E-state index contributed by atoms with van der Waals surface area (Å²) in [6.07, 6.45) is 4.15. The fraction of sp³-hybridized carbons (Fsp3) is 0.636. The fourth-order valence-corrected chi connectivity index (χ4v) is 2.00. The predicted octanol–water partition coefficient (Wildman–Crippen LogP) is 0.937. The van der Waals surface area contributed by atoms with E-state index >= 15 is 0 Å². The van der Waals surface area contributed by atoms with Crippen LogP contribution < -0.4 is 5.32 Å². The second-order valence-corrected chi connectivity index (χ2v) is 4.16. The number of aryl methyl sites for hydroxylation is 1. The number of hydrogen-bond donors (Lipinski definition) is 1. The van der Waals surface area contributed by atoms with Crippen LogP contribution in [0.25, 0.3) is 0 Å². The zero-order valence-electron chi connectivity index (χ0n) is 10.4. The Bertz CT molecular complexity index is 345. The van der Waals surface area contributed by atoms with E-state index in [-0.39, 0.29) is 30.7 Å². The van der Waals surface area contributed by atoms with Crippen molar-refractivity contribution in [1.82, 2.24) is 20.0 Å². The van der Waals surface area contributed by atoms with Gasteiger partial charge in [-0.25, -0.2) is 0 Å². The van der Waals surface area contributed by atoms with Gasteiger partial charge in [-0.15, -0.1) is 24.8 Å². The lowest BCUT2D eigenvalue weighted by Crippen LogP contribution is -2.52. The number of amides is 1. The Hall–Kier alpha value is -0.780. The highest BCUT2D eigenvalue weighted by atomic mass is 35.5. The SMILES string of the molecule is CC1CNCCN1C(=O)CCn1cccn1.Cl.Cl. The van der Waals surface area contributed by atoms with Gasteiger partial charge in [0.15, 0.2) is 0 Å². The number of rotatable bonds is 3. The molecule has 0 spiro atoms. The van der Waals surface area contributed by atoms with Gasteiger partial charge in [0.05, 0.1) is 0 Å². The van der Waals surface area contributed by atoms with Gasteiger partial charge in [0.2, 0.25) is 5.91 Å². The number of carbonyl (C=O) groups is 1. The lowest BCUT2D eigenvalue weighted by molar-refractivity contribution is -0.134. The molecule has 0 aromatic carbocycles. The third-order valence-corrected chi connectivity index (χ3v) is 2.94. The van der Waals surface area contributed by atoms with E-state index in [0.717, 1.165) is 19.6 Å². The van der Waals surface area contributed by atoms with Gasteiger partial charge in [-0.2, -0.15) is 5.10 Å². The van der Waals surface area contributed by atoms with Crippen molar-refractivity contribution in [2.75, 3.05) is 19.6 Å². The van der Waals surface area contributed by atoms with Crippen LogP contribution in [-0.4, -0.2) is 46.3 Å². The lowest BCUT2D eigenvalue weighted by Gasteiger charge is -2.34. The first-order valence-electron chi connectivity index (χ1n) is 5.75. The van der Waals surface area contributed by atoms with Crippen molar-refractivity contribution < 1.29 is 4.79 Å². The number of nitrogens with one attached hydrogen (secondary N) is 1.